The highest BCUT2D eigenvalue weighted by Gasteiger charge is 2.53. The first kappa shape index (κ1) is 40.4. The number of hydrogen-bond acceptors (Lipinski definition) is 18. The van der Waals surface area contributed by atoms with Gasteiger partial charge in [0.1, 0.15) is 78.6 Å². The molecule has 12 N–H and O–H groups in total. The quantitative estimate of drug-likeness (QED) is 0.0554. The van der Waals surface area contributed by atoms with E-state index in [9.17, 15) is 60.3 Å². The van der Waals surface area contributed by atoms with Crippen LogP contribution in [0.4, 0.5) is 0 Å². The molecule has 0 bridgehead atoms. The molecule has 3 aliphatic heterocycles. The summed E-state index contributed by atoms with van der Waals surface area (Å²) in [5.74, 6) is -1.44. The van der Waals surface area contributed by atoms with Crippen molar-refractivity contribution in [2.75, 3.05) is 32.2 Å². The van der Waals surface area contributed by atoms with Crippen LogP contribution in [0.25, 0.3) is 0 Å². The lowest BCUT2D eigenvalue weighted by Gasteiger charge is -2.48. The first-order valence-electron chi connectivity index (χ1n) is 15.0. The molecule has 0 saturated carbocycles. The van der Waals surface area contributed by atoms with Gasteiger partial charge in [0.15, 0.2) is 12.6 Å². The summed E-state index contributed by atoms with van der Waals surface area (Å²) in [6, 6.07) is -1.41. The van der Waals surface area contributed by atoms with E-state index in [2.05, 4.69) is 22.5 Å². The third kappa shape index (κ3) is 10.0. The van der Waals surface area contributed by atoms with Crippen LogP contribution in [0, 0.1) is 0 Å². The number of thioether (sulfide) groups is 1. The Labute approximate surface area is 278 Å². The second-order valence-corrected chi connectivity index (χ2v) is 12.4. The molecule has 3 heterocycles. The Balaban J connectivity index is 1.63. The molecule has 0 aromatic carbocycles. The van der Waals surface area contributed by atoms with Crippen molar-refractivity contribution >= 4 is 29.5 Å². The van der Waals surface area contributed by atoms with Crippen molar-refractivity contribution in [3.63, 3.8) is 0 Å². The summed E-state index contributed by atoms with van der Waals surface area (Å²) >= 11 is 0.956. The monoisotopic (exact) mass is 715 g/mol. The number of aliphatic hydroxyl groups is 9. The topological polar surface area (TPSA) is 316 Å². The average molecular weight is 716 g/mol. The number of ether oxygens (including phenoxy) is 5. The zero-order valence-electron chi connectivity index (χ0n) is 25.9. The maximum Gasteiger partial charge on any atom is 0.244 e. The molecule has 20 nitrogen and oxygen atoms in total. The van der Waals surface area contributed by atoms with Gasteiger partial charge in [-0.2, -0.15) is 0 Å². The Morgan fingerprint density at radius 1 is 0.750 bits per heavy atom. The number of aliphatic hydroxyl groups excluding tert-OH is 9. The summed E-state index contributed by atoms with van der Waals surface area (Å²) in [5, 5.41) is 101. The van der Waals surface area contributed by atoms with Gasteiger partial charge in [-0.15, -0.1) is 11.8 Å². The summed E-state index contributed by atoms with van der Waals surface area (Å²) in [6.07, 6.45) is -20.2. The lowest BCUT2D eigenvalue weighted by Crippen LogP contribution is -2.68. The molecular weight excluding hydrogens is 670 g/mol. The van der Waals surface area contributed by atoms with E-state index in [4.69, 9.17) is 23.7 Å². The van der Waals surface area contributed by atoms with Gasteiger partial charge in [0.05, 0.1) is 26.5 Å². The van der Waals surface area contributed by atoms with Crippen molar-refractivity contribution in [2.45, 2.75) is 105 Å². The zero-order chi connectivity index (χ0) is 35.7. The highest BCUT2D eigenvalue weighted by molar-refractivity contribution is 7.99. The average Bonchev–Trinajstić information content (AvgIpc) is 3.06. The summed E-state index contributed by atoms with van der Waals surface area (Å²) in [5.41, 5.74) is -1.13. The van der Waals surface area contributed by atoms with Crippen LogP contribution in [0.15, 0.2) is 12.7 Å². The SMILES string of the molecule is C=CC(=O)NCNC(=O)CCS[C@@H]1O[C@H](CO)[C@@H](O[C@@H]2O[C@H](CO)[C@@H](O[C@@H]3O[C@H](CO)[C@@H](O)[C@H](O)[C@H]3NC(C)=O)[C@H](O)[C@H]2O)[C@H](O)[C@H]1O. The Morgan fingerprint density at radius 2 is 1.31 bits per heavy atom. The van der Waals surface area contributed by atoms with E-state index in [0.29, 0.717) is 0 Å². The van der Waals surface area contributed by atoms with Crippen LogP contribution in [0.2, 0.25) is 0 Å². The molecular formula is C27H45N3O17S. The van der Waals surface area contributed by atoms with Crippen molar-refractivity contribution in [1.82, 2.24) is 16.0 Å². The van der Waals surface area contributed by atoms with Gasteiger partial charge < -0.3 is 85.6 Å². The zero-order valence-corrected chi connectivity index (χ0v) is 26.7. The van der Waals surface area contributed by atoms with Gasteiger partial charge >= 0.3 is 0 Å². The molecule has 3 aliphatic rings. The van der Waals surface area contributed by atoms with E-state index in [1.165, 1.54) is 0 Å². The number of amides is 3. The predicted molar refractivity (Wildman–Crippen MR) is 159 cm³/mol. The molecule has 48 heavy (non-hydrogen) atoms. The fraction of sp³-hybridized carbons (Fsp3) is 0.815. The molecule has 0 aliphatic carbocycles. The van der Waals surface area contributed by atoms with Gasteiger partial charge in [-0.1, -0.05) is 6.58 Å². The molecule has 276 valence electrons. The molecule has 0 aromatic heterocycles. The largest absolute Gasteiger partial charge is 0.394 e. The van der Waals surface area contributed by atoms with E-state index < -0.39 is 129 Å². The van der Waals surface area contributed by atoms with Gasteiger partial charge in [-0.05, 0) is 6.08 Å². The van der Waals surface area contributed by atoms with Crippen LogP contribution >= 0.6 is 11.8 Å². The molecule has 0 spiro atoms. The lowest BCUT2D eigenvalue weighted by molar-refractivity contribution is -0.363. The van der Waals surface area contributed by atoms with Crippen molar-refractivity contribution in [3.8, 4) is 0 Å². The number of nitrogens with one attached hydrogen (secondary N) is 3. The summed E-state index contributed by atoms with van der Waals surface area (Å²) < 4.78 is 28.2. The lowest BCUT2D eigenvalue weighted by atomic mass is 9.95. The third-order valence-electron chi connectivity index (χ3n) is 7.82. The van der Waals surface area contributed by atoms with Crippen molar-refractivity contribution < 1.29 is 84.0 Å². The fourth-order valence-electron chi connectivity index (χ4n) is 5.25. The van der Waals surface area contributed by atoms with Crippen molar-refractivity contribution in [1.29, 1.82) is 0 Å². The smallest absolute Gasteiger partial charge is 0.244 e. The van der Waals surface area contributed by atoms with Crippen LogP contribution < -0.4 is 16.0 Å². The van der Waals surface area contributed by atoms with E-state index >= 15 is 0 Å². The molecule has 3 rings (SSSR count). The maximum atomic E-state index is 12.0. The van der Waals surface area contributed by atoms with Crippen molar-refractivity contribution in [3.05, 3.63) is 12.7 Å². The maximum absolute atomic E-state index is 12.0. The standard InChI is InChI=1S/C27H45N3O17S/c1-3-14(35)28-9-29-15(36)4-5-48-27-22(42)20(40)24(13(8-33)45-27)47-26-21(41)19(39)23(12(7-32)44-26)46-25-16(30-10(2)34)18(38)17(37)11(6-31)43-25/h3,11-13,16-27,31-33,37-42H,1,4-9H2,2H3,(H,28,35)(H,29,36)(H,30,34)/t11-,12-,13-,16-,17-,18-,19-,20-,21-,22-,23-,24-,25+,26+,27+/m1/s1. The molecule has 0 radical (unpaired) electrons. The molecule has 0 unspecified atom stereocenters. The predicted octanol–water partition coefficient (Wildman–Crippen LogP) is -6.92. The molecule has 15 atom stereocenters. The van der Waals surface area contributed by atoms with Gasteiger partial charge in [0, 0.05) is 19.1 Å². The number of rotatable bonds is 15. The molecule has 3 saturated heterocycles. The van der Waals surface area contributed by atoms with Gasteiger partial charge in [-0.25, -0.2) is 0 Å². The summed E-state index contributed by atoms with van der Waals surface area (Å²) in [7, 11) is 0. The Bertz CT molecular complexity index is 1070. The fourth-order valence-corrected chi connectivity index (χ4v) is 6.36. The van der Waals surface area contributed by atoms with E-state index in [1.807, 2.05) is 0 Å². The van der Waals surface area contributed by atoms with Crippen LogP contribution in [0.1, 0.15) is 13.3 Å². The number of hydrogen-bond donors (Lipinski definition) is 12. The highest BCUT2D eigenvalue weighted by atomic mass is 32.2. The Kier molecular flexibility index (Phi) is 15.8. The Hall–Kier alpha value is -2.06. The highest BCUT2D eigenvalue weighted by Crippen LogP contribution is 2.34. The van der Waals surface area contributed by atoms with E-state index in [0.717, 1.165) is 24.8 Å². The van der Waals surface area contributed by atoms with Crippen LogP contribution in [0.3, 0.4) is 0 Å². The minimum Gasteiger partial charge on any atom is -0.394 e. The second-order valence-electron chi connectivity index (χ2n) is 11.2. The first-order chi connectivity index (χ1) is 22.8. The van der Waals surface area contributed by atoms with E-state index in [1.54, 1.807) is 0 Å². The van der Waals surface area contributed by atoms with Gasteiger partial charge in [-0.3, -0.25) is 14.4 Å². The normalized spacial score (nSPS) is 40.1. The molecule has 3 amide bonds. The first-order valence-corrected chi connectivity index (χ1v) is 16.1. The Morgan fingerprint density at radius 3 is 1.90 bits per heavy atom. The summed E-state index contributed by atoms with van der Waals surface area (Å²) in [6.45, 7) is 1.94. The van der Waals surface area contributed by atoms with Gasteiger partial charge in [0.2, 0.25) is 17.7 Å². The molecule has 0 aromatic rings. The second kappa shape index (κ2) is 18.8. The minimum absolute atomic E-state index is 0.0511. The van der Waals surface area contributed by atoms with Crippen molar-refractivity contribution in [2.24, 2.45) is 0 Å². The molecule has 21 heteroatoms. The number of carbonyl (C=O) groups is 3. The van der Waals surface area contributed by atoms with E-state index in [-0.39, 0.29) is 18.8 Å². The summed E-state index contributed by atoms with van der Waals surface area (Å²) in [4.78, 5) is 34.9. The van der Waals surface area contributed by atoms with Crippen LogP contribution in [-0.4, -0.2) is 187 Å². The van der Waals surface area contributed by atoms with Crippen LogP contribution in [-0.2, 0) is 38.1 Å². The molecule has 3 fully saturated rings. The van der Waals surface area contributed by atoms with Gasteiger partial charge in [0.25, 0.3) is 0 Å². The number of carbonyl (C=O) groups excluding carboxylic acids is 3. The van der Waals surface area contributed by atoms with Crippen LogP contribution in [0.5, 0.6) is 0 Å². The third-order valence-corrected chi connectivity index (χ3v) is 8.98. The minimum atomic E-state index is -1.95.